The van der Waals surface area contributed by atoms with Crippen LogP contribution in [0.2, 0.25) is 0 Å². The highest BCUT2D eigenvalue weighted by Gasteiger charge is 2.51. The predicted octanol–water partition coefficient (Wildman–Crippen LogP) is 2.54. The van der Waals surface area contributed by atoms with Gasteiger partial charge in [-0.15, -0.1) is 0 Å². The third kappa shape index (κ3) is 2.83. The van der Waals surface area contributed by atoms with E-state index in [-0.39, 0.29) is 18.3 Å². The molecule has 2 aromatic rings. The van der Waals surface area contributed by atoms with Gasteiger partial charge in [0.05, 0.1) is 23.9 Å². The second-order valence-corrected chi connectivity index (χ2v) is 7.05. The Morgan fingerprint density at radius 3 is 2.41 bits per heavy atom. The zero-order valence-electron chi connectivity index (χ0n) is 14.0. The molecule has 1 aromatic heterocycles. The van der Waals surface area contributed by atoms with Gasteiger partial charge in [0.1, 0.15) is 0 Å². The van der Waals surface area contributed by atoms with Crippen molar-refractivity contribution in [1.29, 1.82) is 0 Å². The van der Waals surface area contributed by atoms with Gasteiger partial charge in [-0.1, -0.05) is 24.3 Å². The van der Waals surface area contributed by atoms with Crippen LogP contribution in [0.4, 0.5) is 0 Å². The Kier molecular flexibility index (Phi) is 3.65. The Hall–Kier alpha value is -1.59. The summed E-state index contributed by atoms with van der Waals surface area (Å²) < 4.78 is 14.2. The normalized spacial score (nSPS) is 19.6. The SMILES string of the molecule is Cc1cnn(Cc2cccc(B3OC(C)(C)C(C)(C)O3)c2)c1. The fourth-order valence-electron chi connectivity index (χ4n) is 2.56. The largest absolute Gasteiger partial charge is 0.494 e. The first-order valence-electron chi connectivity index (χ1n) is 7.70. The van der Waals surface area contributed by atoms with Crippen molar-refractivity contribution in [2.45, 2.75) is 52.4 Å². The molecule has 0 atom stereocenters. The van der Waals surface area contributed by atoms with Crippen LogP contribution in [0.1, 0.15) is 38.8 Å². The second-order valence-electron chi connectivity index (χ2n) is 7.05. The molecule has 5 heteroatoms. The lowest BCUT2D eigenvalue weighted by Crippen LogP contribution is -2.41. The van der Waals surface area contributed by atoms with E-state index in [4.69, 9.17) is 9.31 Å². The van der Waals surface area contributed by atoms with Crippen molar-refractivity contribution in [2.75, 3.05) is 0 Å². The van der Waals surface area contributed by atoms with Crippen LogP contribution >= 0.6 is 0 Å². The smallest absolute Gasteiger partial charge is 0.399 e. The average molecular weight is 298 g/mol. The molecule has 0 saturated carbocycles. The molecular formula is C17H23BN2O2. The molecule has 1 aromatic carbocycles. The van der Waals surface area contributed by atoms with Gasteiger partial charge in [-0.25, -0.2) is 0 Å². The Balaban J connectivity index is 1.80. The van der Waals surface area contributed by atoms with Crippen molar-refractivity contribution in [3.05, 3.63) is 47.8 Å². The third-order valence-corrected chi connectivity index (χ3v) is 4.58. The van der Waals surface area contributed by atoms with Gasteiger partial charge < -0.3 is 9.31 Å². The van der Waals surface area contributed by atoms with Crippen molar-refractivity contribution in [2.24, 2.45) is 0 Å². The topological polar surface area (TPSA) is 36.3 Å². The summed E-state index contributed by atoms with van der Waals surface area (Å²) in [6, 6.07) is 8.34. The molecule has 22 heavy (non-hydrogen) atoms. The van der Waals surface area contributed by atoms with Crippen LogP contribution in [-0.4, -0.2) is 28.1 Å². The molecule has 116 valence electrons. The van der Waals surface area contributed by atoms with Crippen molar-refractivity contribution in [3.8, 4) is 0 Å². The number of rotatable bonds is 3. The number of aryl methyl sites for hydroxylation is 1. The molecule has 0 bridgehead atoms. The maximum atomic E-state index is 6.11. The molecule has 0 aliphatic carbocycles. The van der Waals surface area contributed by atoms with Gasteiger partial charge in [-0.05, 0) is 51.2 Å². The number of nitrogens with zero attached hydrogens (tertiary/aromatic N) is 2. The Morgan fingerprint density at radius 1 is 1.14 bits per heavy atom. The van der Waals surface area contributed by atoms with Crippen LogP contribution in [0.5, 0.6) is 0 Å². The van der Waals surface area contributed by atoms with Gasteiger partial charge >= 0.3 is 7.12 Å². The van der Waals surface area contributed by atoms with Crippen LogP contribution in [-0.2, 0) is 15.9 Å². The molecule has 0 amide bonds. The van der Waals surface area contributed by atoms with Crippen LogP contribution in [0.15, 0.2) is 36.7 Å². The van der Waals surface area contributed by atoms with E-state index in [0.717, 1.165) is 12.0 Å². The number of aromatic nitrogens is 2. The molecule has 1 fully saturated rings. The quantitative estimate of drug-likeness (QED) is 0.817. The molecule has 3 rings (SSSR count). The van der Waals surface area contributed by atoms with E-state index in [9.17, 15) is 0 Å². The lowest BCUT2D eigenvalue weighted by molar-refractivity contribution is 0.00578. The van der Waals surface area contributed by atoms with E-state index >= 15 is 0 Å². The summed E-state index contributed by atoms with van der Waals surface area (Å²) in [5, 5.41) is 4.34. The van der Waals surface area contributed by atoms with Crippen molar-refractivity contribution < 1.29 is 9.31 Å². The molecule has 0 spiro atoms. The summed E-state index contributed by atoms with van der Waals surface area (Å²) in [6.45, 7) is 11.1. The standard InChI is InChI=1S/C17H23BN2O2/c1-13-10-19-20(11-13)12-14-7-6-8-15(9-14)18-21-16(2,3)17(4,5)22-18/h6-11H,12H2,1-5H3. The minimum absolute atomic E-state index is 0.313. The molecule has 0 unspecified atom stereocenters. The minimum Gasteiger partial charge on any atom is -0.399 e. The average Bonchev–Trinajstić information content (AvgIpc) is 2.91. The Bertz CT molecular complexity index is 663. The highest BCUT2D eigenvalue weighted by atomic mass is 16.7. The predicted molar refractivity (Wildman–Crippen MR) is 88.2 cm³/mol. The Labute approximate surface area is 132 Å². The second kappa shape index (κ2) is 5.25. The minimum atomic E-state index is -0.315. The fourth-order valence-corrected chi connectivity index (χ4v) is 2.56. The number of benzene rings is 1. The van der Waals surface area contributed by atoms with Crippen LogP contribution in [0, 0.1) is 6.92 Å². The van der Waals surface area contributed by atoms with E-state index in [2.05, 4.69) is 51.0 Å². The Morgan fingerprint density at radius 2 is 1.82 bits per heavy atom. The first-order chi connectivity index (χ1) is 10.3. The third-order valence-electron chi connectivity index (χ3n) is 4.58. The highest BCUT2D eigenvalue weighted by molar-refractivity contribution is 6.62. The number of hydrogen-bond donors (Lipinski definition) is 0. The zero-order chi connectivity index (χ0) is 16.0. The van der Waals surface area contributed by atoms with E-state index in [0.29, 0.717) is 0 Å². The summed E-state index contributed by atoms with van der Waals surface area (Å²) >= 11 is 0. The zero-order valence-corrected chi connectivity index (χ0v) is 14.0. The molecule has 4 nitrogen and oxygen atoms in total. The molecule has 1 aliphatic heterocycles. The first kappa shape index (κ1) is 15.3. The van der Waals surface area contributed by atoms with E-state index in [1.807, 2.05) is 30.1 Å². The van der Waals surface area contributed by atoms with Crippen molar-refractivity contribution in [3.63, 3.8) is 0 Å². The highest BCUT2D eigenvalue weighted by Crippen LogP contribution is 2.36. The van der Waals surface area contributed by atoms with Gasteiger partial charge in [-0.3, -0.25) is 4.68 Å². The first-order valence-corrected chi connectivity index (χ1v) is 7.70. The molecule has 2 heterocycles. The summed E-state index contributed by atoms with van der Waals surface area (Å²) in [5.41, 5.74) is 2.79. The molecular weight excluding hydrogens is 275 g/mol. The fraction of sp³-hybridized carbons (Fsp3) is 0.471. The van der Waals surface area contributed by atoms with Crippen LogP contribution in [0.25, 0.3) is 0 Å². The summed E-state index contributed by atoms with van der Waals surface area (Å²) in [5.74, 6) is 0. The van der Waals surface area contributed by atoms with Gasteiger partial charge in [-0.2, -0.15) is 5.10 Å². The monoisotopic (exact) mass is 298 g/mol. The summed E-state index contributed by atoms with van der Waals surface area (Å²) in [6.07, 6.45) is 3.92. The van der Waals surface area contributed by atoms with Crippen LogP contribution < -0.4 is 5.46 Å². The molecule has 0 radical (unpaired) electrons. The van der Waals surface area contributed by atoms with Crippen molar-refractivity contribution in [1.82, 2.24) is 9.78 Å². The molecule has 0 N–H and O–H groups in total. The lowest BCUT2D eigenvalue weighted by Gasteiger charge is -2.32. The van der Waals surface area contributed by atoms with E-state index in [1.54, 1.807) is 0 Å². The van der Waals surface area contributed by atoms with Gasteiger partial charge in [0.15, 0.2) is 0 Å². The summed E-state index contributed by atoms with van der Waals surface area (Å²) in [4.78, 5) is 0. The van der Waals surface area contributed by atoms with Crippen molar-refractivity contribution >= 4 is 12.6 Å². The number of hydrogen-bond acceptors (Lipinski definition) is 3. The maximum absolute atomic E-state index is 6.11. The summed E-state index contributed by atoms with van der Waals surface area (Å²) in [7, 11) is -0.315. The lowest BCUT2D eigenvalue weighted by atomic mass is 9.78. The van der Waals surface area contributed by atoms with Gasteiger partial charge in [0.2, 0.25) is 0 Å². The van der Waals surface area contributed by atoms with Gasteiger partial charge in [0, 0.05) is 6.20 Å². The molecule has 1 saturated heterocycles. The maximum Gasteiger partial charge on any atom is 0.494 e. The molecule has 1 aliphatic rings. The van der Waals surface area contributed by atoms with E-state index < -0.39 is 0 Å². The van der Waals surface area contributed by atoms with E-state index in [1.165, 1.54) is 11.1 Å². The van der Waals surface area contributed by atoms with Gasteiger partial charge in [0.25, 0.3) is 0 Å². The van der Waals surface area contributed by atoms with Crippen LogP contribution in [0.3, 0.4) is 0 Å².